The Kier molecular flexibility index (Phi) is 5.34. The number of amides is 1. The number of anilines is 1. The number of nitrogens with two attached hydrogens (primary N) is 1. The average Bonchev–Trinajstić information content (AvgIpc) is 3.29. The molecule has 1 amide bonds. The van der Waals surface area contributed by atoms with Gasteiger partial charge in [-0.1, -0.05) is 30.3 Å². The number of benzene rings is 1. The third kappa shape index (κ3) is 3.95. The SMILES string of the molecule is N[C@H](C(=O)N1CCC(c2cc(N3CCCC3)ncn2)CC1)c1ccccc1. The van der Waals surface area contributed by atoms with Crippen molar-refractivity contribution < 1.29 is 4.79 Å². The summed E-state index contributed by atoms with van der Waals surface area (Å²) in [6.45, 7) is 3.63. The Balaban J connectivity index is 1.37. The smallest absolute Gasteiger partial charge is 0.244 e. The maximum absolute atomic E-state index is 12.7. The fourth-order valence-corrected chi connectivity index (χ4v) is 4.10. The van der Waals surface area contributed by atoms with Gasteiger partial charge in [-0.05, 0) is 31.2 Å². The maximum Gasteiger partial charge on any atom is 0.244 e. The molecule has 0 bridgehead atoms. The van der Waals surface area contributed by atoms with Crippen LogP contribution in [0.1, 0.15) is 48.9 Å². The second kappa shape index (κ2) is 8.05. The highest BCUT2D eigenvalue weighted by Gasteiger charge is 2.28. The molecular weight excluding hydrogens is 338 g/mol. The van der Waals surface area contributed by atoms with Crippen LogP contribution in [0.4, 0.5) is 5.82 Å². The first-order chi connectivity index (χ1) is 13.2. The number of hydrogen-bond acceptors (Lipinski definition) is 5. The molecule has 0 spiro atoms. The number of carbonyl (C=O) groups is 1. The third-order valence-corrected chi connectivity index (χ3v) is 5.75. The van der Waals surface area contributed by atoms with Gasteiger partial charge in [0, 0.05) is 43.9 Å². The summed E-state index contributed by atoms with van der Waals surface area (Å²) in [6, 6.07) is 11.2. The van der Waals surface area contributed by atoms with E-state index in [-0.39, 0.29) is 5.91 Å². The van der Waals surface area contributed by atoms with Crippen LogP contribution in [0.5, 0.6) is 0 Å². The van der Waals surface area contributed by atoms with E-state index in [2.05, 4.69) is 20.9 Å². The normalized spacial score (nSPS) is 19.3. The monoisotopic (exact) mass is 365 g/mol. The minimum absolute atomic E-state index is 0.0140. The van der Waals surface area contributed by atoms with Gasteiger partial charge in [-0.2, -0.15) is 0 Å². The largest absolute Gasteiger partial charge is 0.357 e. The molecule has 4 rings (SSSR count). The summed E-state index contributed by atoms with van der Waals surface area (Å²) < 4.78 is 0. The van der Waals surface area contributed by atoms with Gasteiger partial charge in [0.2, 0.25) is 5.91 Å². The van der Waals surface area contributed by atoms with Gasteiger partial charge >= 0.3 is 0 Å². The number of hydrogen-bond donors (Lipinski definition) is 1. The Bertz CT molecular complexity index is 767. The quantitative estimate of drug-likeness (QED) is 0.901. The lowest BCUT2D eigenvalue weighted by molar-refractivity contribution is -0.133. The zero-order valence-electron chi connectivity index (χ0n) is 15.6. The van der Waals surface area contributed by atoms with Gasteiger partial charge in [0.1, 0.15) is 18.2 Å². The summed E-state index contributed by atoms with van der Waals surface area (Å²) in [5, 5.41) is 0. The van der Waals surface area contributed by atoms with Crippen molar-refractivity contribution in [1.82, 2.24) is 14.9 Å². The van der Waals surface area contributed by atoms with Crippen molar-refractivity contribution in [3.63, 3.8) is 0 Å². The minimum atomic E-state index is -0.580. The number of likely N-dealkylation sites (tertiary alicyclic amines) is 1. The standard InChI is InChI=1S/C21H27N5O/c22-20(17-6-2-1-3-7-17)21(27)26-12-8-16(9-13-26)18-14-19(24-15-23-18)25-10-4-5-11-25/h1-3,6-7,14-16,20H,4-5,8-13,22H2/t20-/m0/s1. The van der Waals surface area contributed by atoms with Gasteiger partial charge < -0.3 is 15.5 Å². The van der Waals surface area contributed by atoms with Crippen molar-refractivity contribution in [2.75, 3.05) is 31.1 Å². The first-order valence-electron chi connectivity index (χ1n) is 9.88. The lowest BCUT2D eigenvalue weighted by atomic mass is 9.92. The van der Waals surface area contributed by atoms with E-state index in [1.807, 2.05) is 35.2 Å². The molecule has 1 aromatic carbocycles. The zero-order chi connectivity index (χ0) is 18.6. The van der Waals surface area contributed by atoms with E-state index >= 15 is 0 Å². The van der Waals surface area contributed by atoms with E-state index in [1.54, 1.807) is 6.33 Å². The van der Waals surface area contributed by atoms with Crippen LogP contribution in [-0.4, -0.2) is 47.0 Å². The molecular formula is C21H27N5O. The Morgan fingerprint density at radius 2 is 1.74 bits per heavy atom. The molecule has 6 nitrogen and oxygen atoms in total. The van der Waals surface area contributed by atoms with E-state index in [4.69, 9.17) is 5.73 Å². The van der Waals surface area contributed by atoms with Gasteiger partial charge in [-0.3, -0.25) is 4.79 Å². The molecule has 6 heteroatoms. The second-order valence-electron chi connectivity index (χ2n) is 7.48. The molecule has 0 saturated carbocycles. The number of rotatable bonds is 4. The van der Waals surface area contributed by atoms with Crippen LogP contribution in [0.2, 0.25) is 0 Å². The van der Waals surface area contributed by atoms with Crippen molar-refractivity contribution >= 4 is 11.7 Å². The number of piperidine rings is 1. The minimum Gasteiger partial charge on any atom is -0.357 e. The molecule has 2 saturated heterocycles. The number of aromatic nitrogens is 2. The van der Waals surface area contributed by atoms with Gasteiger partial charge in [0.15, 0.2) is 0 Å². The third-order valence-electron chi connectivity index (χ3n) is 5.75. The maximum atomic E-state index is 12.7. The van der Waals surface area contributed by atoms with Crippen LogP contribution < -0.4 is 10.6 Å². The molecule has 2 aliphatic rings. The highest BCUT2D eigenvalue weighted by molar-refractivity contribution is 5.83. The van der Waals surface area contributed by atoms with Gasteiger partial charge in [0.05, 0.1) is 0 Å². The second-order valence-corrected chi connectivity index (χ2v) is 7.48. The first-order valence-corrected chi connectivity index (χ1v) is 9.88. The Morgan fingerprint density at radius 1 is 1.04 bits per heavy atom. The van der Waals surface area contributed by atoms with E-state index in [0.717, 1.165) is 56.1 Å². The Hall–Kier alpha value is -2.47. The van der Waals surface area contributed by atoms with Gasteiger partial charge in [-0.15, -0.1) is 0 Å². The Morgan fingerprint density at radius 3 is 2.44 bits per heavy atom. The lowest BCUT2D eigenvalue weighted by Gasteiger charge is -2.33. The fourth-order valence-electron chi connectivity index (χ4n) is 4.10. The van der Waals surface area contributed by atoms with Crippen molar-refractivity contribution in [1.29, 1.82) is 0 Å². The zero-order valence-corrected chi connectivity index (χ0v) is 15.6. The highest BCUT2D eigenvalue weighted by atomic mass is 16.2. The first kappa shape index (κ1) is 17.9. The summed E-state index contributed by atoms with van der Waals surface area (Å²) >= 11 is 0. The van der Waals surface area contributed by atoms with E-state index in [1.165, 1.54) is 12.8 Å². The number of carbonyl (C=O) groups excluding carboxylic acids is 1. The van der Waals surface area contributed by atoms with Crippen LogP contribution in [0.3, 0.4) is 0 Å². The number of nitrogens with zero attached hydrogens (tertiary/aromatic N) is 4. The Labute approximate surface area is 160 Å². The molecule has 0 radical (unpaired) electrons. The molecule has 1 aromatic heterocycles. The van der Waals surface area contributed by atoms with E-state index in [9.17, 15) is 4.79 Å². The van der Waals surface area contributed by atoms with Crippen molar-refractivity contribution in [2.45, 2.75) is 37.6 Å². The lowest BCUT2D eigenvalue weighted by Crippen LogP contribution is -2.43. The summed E-state index contributed by atoms with van der Waals surface area (Å²) in [7, 11) is 0. The van der Waals surface area contributed by atoms with E-state index < -0.39 is 6.04 Å². The van der Waals surface area contributed by atoms with Crippen LogP contribution in [-0.2, 0) is 4.79 Å². The summed E-state index contributed by atoms with van der Waals surface area (Å²) in [5.41, 5.74) is 8.16. The molecule has 0 unspecified atom stereocenters. The molecule has 0 aliphatic carbocycles. The molecule has 27 heavy (non-hydrogen) atoms. The highest BCUT2D eigenvalue weighted by Crippen LogP contribution is 2.29. The summed E-state index contributed by atoms with van der Waals surface area (Å²) in [4.78, 5) is 25.9. The van der Waals surface area contributed by atoms with Crippen molar-refractivity contribution in [3.05, 3.63) is 54.0 Å². The van der Waals surface area contributed by atoms with Gasteiger partial charge in [-0.25, -0.2) is 9.97 Å². The predicted octanol–water partition coefficient (Wildman–Crippen LogP) is 2.48. The van der Waals surface area contributed by atoms with Gasteiger partial charge in [0.25, 0.3) is 0 Å². The molecule has 2 N–H and O–H groups in total. The molecule has 1 atom stereocenters. The van der Waals surface area contributed by atoms with Crippen LogP contribution >= 0.6 is 0 Å². The topological polar surface area (TPSA) is 75.4 Å². The molecule has 2 aromatic rings. The molecule has 2 aliphatic heterocycles. The van der Waals surface area contributed by atoms with Crippen molar-refractivity contribution in [2.24, 2.45) is 5.73 Å². The van der Waals surface area contributed by atoms with Crippen LogP contribution in [0, 0.1) is 0 Å². The van der Waals surface area contributed by atoms with Crippen LogP contribution in [0.15, 0.2) is 42.7 Å². The average molecular weight is 365 g/mol. The summed E-state index contributed by atoms with van der Waals surface area (Å²) in [5.74, 6) is 1.44. The fraction of sp³-hybridized carbons (Fsp3) is 0.476. The van der Waals surface area contributed by atoms with Crippen LogP contribution in [0.25, 0.3) is 0 Å². The molecule has 142 valence electrons. The van der Waals surface area contributed by atoms with Crippen molar-refractivity contribution in [3.8, 4) is 0 Å². The summed E-state index contributed by atoms with van der Waals surface area (Å²) in [6.07, 6.45) is 6.00. The molecule has 3 heterocycles. The molecule has 2 fully saturated rings. The van der Waals surface area contributed by atoms with E-state index in [0.29, 0.717) is 5.92 Å². The predicted molar refractivity (Wildman–Crippen MR) is 105 cm³/mol.